The molecule has 3 aromatic rings. The molecule has 1 heterocycles. The Bertz CT molecular complexity index is 1040. The van der Waals surface area contributed by atoms with Crippen molar-refractivity contribution in [2.45, 2.75) is 25.8 Å². The maximum absolute atomic E-state index is 13.0. The molecule has 1 saturated heterocycles. The van der Waals surface area contributed by atoms with Crippen molar-refractivity contribution >= 4 is 23.2 Å². The van der Waals surface area contributed by atoms with Crippen LogP contribution >= 0.6 is 0 Å². The van der Waals surface area contributed by atoms with Crippen LogP contribution in [-0.4, -0.2) is 30.9 Å². The van der Waals surface area contributed by atoms with Crippen LogP contribution in [0.25, 0.3) is 11.1 Å². The van der Waals surface area contributed by atoms with Crippen molar-refractivity contribution in [3.05, 3.63) is 84.9 Å². The first kappa shape index (κ1) is 21.8. The van der Waals surface area contributed by atoms with E-state index in [1.54, 1.807) is 0 Å². The molecule has 1 aliphatic rings. The van der Waals surface area contributed by atoms with Crippen LogP contribution in [-0.2, 0) is 9.59 Å². The average Bonchev–Trinajstić information content (AvgIpc) is 2.85. The summed E-state index contributed by atoms with van der Waals surface area (Å²) in [7, 11) is 0. The Labute approximate surface area is 189 Å². The molecule has 164 valence electrons. The zero-order valence-electron chi connectivity index (χ0n) is 18.4. The molecule has 1 fully saturated rings. The molecule has 1 atom stereocenters. The Hall–Kier alpha value is -3.44. The number of amides is 2. The summed E-state index contributed by atoms with van der Waals surface area (Å²) in [5, 5.41) is 6.14. The molecule has 4 rings (SSSR count). The number of piperidine rings is 1. The summed E-state index contributed by atoms with van der Waals surface area (Å²) in [6, 6.07) is 27.4. The molecular formula is C27H30N3O2+. The fourth-order valence-electron chi connectivity index (χ4n) is 4.34. The predicted octanol–water partition coefficient (Wildman–Crippen LogP) is 3.61. The zero-order chi connectivity index (χ0) is 22.3. The molecule has 3 N–H and O–H groups in total. The summed E-state index contributed by atoms with van der Waals surface area (Å²) >= 11 is 0. The number of hydrogen-bond acceptors (Lipinski definition) is 2. The number of carbonyl (C=O) groups excluding carboxylic acids is 2. The predicted molar refractivity (Wildman–Crippen MR) is 128 cm³/mol. The number of hydrogen-bond donors (Lipinski definition) is 3. The van der Waals surface area contributed by atoms with Crippen LogP contribution in [0.2, 0.25) is 0 Å². The van der Waals surface area contributed by atoms with E-state index in [-0.39, 0.29) is 23.8 Å². The Morgan fingerprint density at radius 3 is 2.09 bits per heavy atom. The van der Waals surface area contributed by atoms with Crippen LogP contribution in [0.4, 0.5) is 11.4 Å². The molecule has 0 radical (unpaired) electrons. The lowest BCUT2D eigenvalue weighted by Gasteiger charge is -2.32. The minimum Gasteiger partial charge on any atom is -0.326 e. The van der Waals surface area contributed by atoms with E-state index in [4.69, 9.17) is 0 Å². The van der Waals surface area contributed by atoms with Gasteiger partial charge < -0.3 is 15.5 Å². The van der Waals surface area contributed by atoms with Gasteiger partial charge in [0.15, 0.2) is 6.04 Å². The smallest absolute Gasteiger partial charge is 0.282 e. The fourth-order valence-corrected chi connectivity index (χ4v) is 4.34. The van der Waals surface area contributed by atoms with Crippen LogP contribution in [0.3, 0.4) is 0 Å². The summed E-state index contributed by atoms with van der Waals surface area (Å²) in [4.78, 5) is 26.9. The standard InChI is InChI=1S/C27H29N3O2/c1-20(26(31)29-25-15-9-8-14-24(25)21-10-4-2-5-11-21)30-18-16-22(17-19-30)27(32)28-23-12-6-3-7-13-23/h2-15,20,22H,16-19H2,1H3,(H,28,32)(H,29,31)/p+1/t20-/m1/s1. The van der Waals surface area contributed by atoms with Crippen LogP contribution < -0.4 is 15.5 Å². The molecule has 32 heavy (non-hydrogen) atoms. The van der Waals surface area contributed by atoms with Gasteiger partial charge in [-0.2, -0.15) is 0 Å². The van der Waals surface area contributed by atoms with E-state index in [0.717, 1.165) is 48.4 Å². The van der Waals surface area contributed by atoms with Gasteiger partial charge in [-0.1, -0.05) is 66.7 Å². The molecule has 5 nitrogen and oxygen atoms in total. The highest BCUT2D eigenvalue weighted by molar-refractivity contribution is 5.97. The minimum atomic E-state index is -0.183. The Kier molecular flexibility index (Phi) is 6.97. The molecule has 2 amide bonds. The van der Waals surface area contributed by atoms with E-state index in [9.17, 15) is 9.59 Å². The number of quaternary nitrogens is 1. The zero-order valence-corrected chi connectivity index (χ0v) is 18.4. The average molecular weight is 429 g/mol. The van der Waals surface area contributed by atoms with Gasteiger partial charge in [0, 0.05) is 35.7 Å². The third kappa shape index (κ3) is 5.24. The number of likely N-dealkylation sites (tertiary alicyclic amines) is 1. The van der Waals surface area contributed by atoms with E-state index in [2.05, 4.69) is 10.6 Å². The van der Waals surface area contributed by atoms with Crippen molar-refractivity contribution in [1.82, 2.24) is 0 Å². The first-order valence-electron chi connectivity index (χ1n) is 11.3. The van der Waals surface area contributed by atoms with Crippen LogP contribution in [0.5, 0.6) is 0 Å². The van der Waals surface area contributed by atoms with Crippen LogP contribution in [0.15, 0.2) is 84.9 Å². The number of carbonyl (C=O) groups is 2. The fraction of sp³-hybridized carbons (Fsp3) is 0.259. The van der Waals surface area contributed by atoms with Crippen LogP contribution in [0, 0.1) is 5.92 Å². The Morgan fingerprint density at radius 2 is 1.41 bits per heavy atom. The van der Waals surface area contributed by atoms with E-state index >= 15 is 0 Å². The first-order chi connectivity index (χ1) is 15.6. The summed E-state index contributed by atoms with van der Waals surface area (Å²) in [6.45, 7) is 3.59. The van der Waals surface area contributed by atoms with Gasteiger partial charge in [0.25, 0.3) is 5.91 Å². The number of nitrogens with one attached hydrogen (secondary N) is 3. The van der Waals surface area contributed by atoms with Gasteiger partial charge in [-0.15, -0.1) is 0 Å². The maximum atomic E-state index is 13.0. The van der Waals surface area contributed by atoms with Crippen molar-refractivity contribution in [3.63, 3.8) is 0 Å². The second-order valence-electron chi connectivity index (χ2n) is 8.41. The highest BCUT2D eigenvalue weighted by Gasteiger charge is 2.33. The molecule has 1 aliphatic heterocycles. The molecule has 0 aliphatic carbocycles. The van der Waals surface area contributed by atoms with Crippen molar-refractivity contribution in [1.29, 1.82) is 0 Å². The van der Waals surface area contributed by atoms with Gasteiger partial charge in [0.2, 0.25) is 5.91 Å². The summed E-state index contributed by atoms with van der Waals surface area (Å²) < 4.78 is 0. The van der Waals surface area contributed by atoms with E-state index < -0.39 is 0 Å². The van der Waals surface area contributed by atoms with Crippen molar-refractivity contribution < 1.29 is 14.5 Å². The molecule has 5 heteroatoms. The van der Waals surface area contributed by atoms with Gasteiger partial charge in [-0.3, -0.25) is 9.59 Å². The van der Waals surface area contributed by atoms with Crippen molar-refractivity contribution in [3.8, 4) is 11.1 Å². The normalized spacial score (nSPS) is 19.0. The second kappa shape index (κ2) is 10.2. The molecule has 0 spiro atoms. The van der Waals surface area contributed by atoms with Crippen molar-refractivity contribution in [2.24, 2.45) is 5.92 Å². The second-order valence-corrected chi connectivity index (χ2v) is 8.41. The monoisotopic (exact) mass is 428 g/mol. The SMILES string of the molecule is C[C@H](C(=O)Nc1ccccc1-c1ccccc1)[NH+]1CCC(C(=O)Nc2ccccc2)CC1. The van der Waals surface area contributed by atoms with E-state index in [1.807, 2.05) is 91.9 Å². The van der Waals surface area contributed by atoms with Gasteiger partial charge >= 0.3 is 0 Å². The highest BCUT2D eigenvalue weighted by Crippen LogP contribution is 2.27. The number of rotatable bonds is 6. The largest absolute Gasteiger partial charge is 0.326 e. The molecule has 0 aromatic heterocycles. The molecule has 0 saturated carbocycles. The molecular weight excluding hydrogens is 398 g/mol. The lowest BCUT2D eigenvalue weighted by molar-refractivity contribution is -0.919. The lowest BCUT2D eigenvalue weighted by Crippen LogP contribution is -3.17. The number of para-hydroxylation sites is 2. The lowest BCUT2D eigenvalue weighted by atomic mass is 9.94. The topological polar surface area (TPSA) is 62.6 Å². The van der Waals surface area contributed by atoms with Gasteiger partial charge in [-0.05, 0) is 30.7 Å². The van der Waals surface area contributed by atoms with Gasteiger partial charge in [0.1, 0.15) is 0 Å². The first-order valence-corrected chi connectivity index (χ1v) is 11.3. The number of benzene rings is 3. The molecule has 0 unspecified atom stereocenters. The van der Waals surface area contributed by atoms with Crippen molar-refractivity contribution in [2.75, 3.05) is 23.7 Å². The molecule has 0 bridgehead atoms. The molecule has 3 aromatic carbocycles. The van der Waals surface area contributed by atoms with E-state index in [0.29, 0.717) is 0 Å². The van der Waals surface area contributed by atoms with E-state index in [1.165, 1.54) is 4.90 Å². The summed E-state index contributed by atoms with van der Waals surface area (Å²) in [5.41, 5.74) is 3.75. The third-order valence-electron chi connectivity index (χ3n) is 6.32. The van der Waals surface area contributed by atoms with Gasteiger partial charge in [-0.25, -0.2) is 0 Å². The maximum Gasteiger partial charge on any atom is 0.282 e. The third-order valence-corrected chi connectivity index (χ3v) is 6.32. The highest BCUT2D eigenvalue weighted by atomic mass is 16.2. The summed E-state index contributed by atoms with van der Waals surface area (Å²) in [6.07, 6.45) is 1.57. The minimum absolute atomic E-state index is 0.00646. The number of anilines is 2. The Morgan fingerprint density at radius 1 is 0.812 bits per heavy atom. The summed E-state index contributed by atoms with van der Waals surface area (Å²) in [5.74, 6) is 0.0766. The Balaban J connectivity index is 1.33. The van der Waals surface area contributed by atoms with Crippen LogP contribution in [0.1, 0.15) is 19.8 Å². The quantitative estimate of drug-likeness (QED) is 0.562. The van der Waals surface area contributed by atoms with Gasteiger partial charge in [0.05, 0.1) is 13.1 Å².